The lowest BCUT2D eigenvalue weighted by atomic mass is 9.80. The fraction of sp³-hybridized carbons (Fsp3) is 0.412. The van der Waals surface area contributed by atoms with Gasteiger partial charge in [0.25, 0.3) is 0 Å². The largest absolute Gasteiger partial charge is 0.497 e. The first-order valence-corrected chi connectivity index (χ1v) is 8.09. The predicted octanol–water partition coefficient (Wildman–Crippen LogP) is 4.14. The number of fused-ring (bicyclic) bond motifs is 1. The average Bonchev–Trinajstić information content (AvgIpc) is 2.98. The number of benzene rings is 1. The van der Waals surface area contributed by atoms with Gasteiger partial charge in [0.15, 0.2) is 0 Å². The Kier molecular flexibility index (Phi) is 4.08. The molecule has 0 radical (unpaired) electrons. The summed E-state index contributed by atoms with van der Waals surface area (Å²) in [5.41, 5.74) is 2.90. The molecule has 1 N–H and O–H groups in total. The van der Waals surface area contributed by atoms with Crippen LogP contribution in [0.5, 0.6) is 5.75 Å². The van der Waals surface area contributed by atoms with Crippen LogP contribution < -0.4 is 10.1 Å². The Bertz CT molecular complexity index is 561. The van der Waals surface area contributed by atoms with Gasteiger partial charge < -0.3 is 10.1 Å². The first kappa shape index (κ1) is 13.7. The van der Waals surface area contributed by atoms with Gasteiger partial charge in [0.2, 0.25) is 0 Å². The zero-order valence-corrected chi connectivity index (χ0v) is 12.9. The first-order chi connectivity index (χ1) is 9.83. The van der Waals surface area contributed by atoms with Crippen LogP contribution in [0.3, 0.4) is 0 Å². The first-order valence-electron chi connectivity index (χ1n) is 7.21. The molecule has 0 spiro atoms. The summed E-state index contributed by atoms with van der Waals surface area (Å²) in [6, 6.07) is 11.2. The molecule has 1 aromatic heterocycles. The van der Waals surface area contributed by atoms with Crippen LogP contribution in [0, 0.1) is 0 Å². The molecule has 3 heteroatoms. The Morgan fingerprint density at radius 1 is 1.25 bits per heavy atom. The second kappa shape index (κ2) is 5.98. The van der Waals surface area contributed by atoms with Gasteiger partial charge in [0.05, 0.1) is 7.11 Å². The lowest BCUT2D eigenvalue weighted by Crippen LogP contribution is -2.26. The van der Waals surface area contributed by atoms with E-state index < -0.39 is 0 Å². The van der Waals surface area contributed by atoms with E-state index in [4.69, 9.17) is 4.74 Å². The highest BCUT2D eigenvalue weighted by atomic mass is 32.1. The zero-order chi connectivity index (χ0) is 13.9. The summed E-state index contributed by atoms with van der Waals surface area (Å²) in [5, 5.41) is 5.76. The minimum Gasteiger partial charge on any atom is -0.497 e. The van der Waals surface area contributed by atoms with Crippen LogP contribution in [0.25, 0.3) is 0 Å². The quantitative estimate of drug-likeness (QED) is 0.912. The third-order valence-electron chi connectivity index (χ3n) is 4.29. The predicted molar refractivity (Wildman–Crippen MR) is 84.8 cm³/mol. The summed E-state index contributed by atoms with van der Waals surface area (Å²) in [6.45, 7) is 0. The van der Waals surface area contributed by atoms with E-state index in [0.717, 1.165) is 5.75 Å². The van der Waals surface area contributed by atoms with Crippen LogP contribution in [-0.4, -0.2) is 14.2 Å². The topological polar surface area (TPSA) is 21.3 Å². The van der Waals surface area contributed by atoms with Crippen LogP contribution in [0.15, 0.2) is 35.7 Å². The fourth-order valence-corrected chi connectivity index (χ4v) is 4.28. The molecule has 2 atom stereocenters. The number of ether oxygens (including phenoxy) is 1. The van der Waals surface area contributed by atoms with E-state index in [2.05, 4.69) is 48.1 Å². The van der Waals surface area contributed by atoms with Crippen molar-refractivity contribution in [1.82, 2.24) is 5.32 Å². The van der Waals surface area contributed by atoms with Gasteiger partial charge >= 0.3 is 0 Å². The van der Waals surface area contributed by atoms with E-state index in [0.29, 0.717) is 12.0 Å². The molecule has 1 aliphatic rings. The average molecular weight is 287 g/mol. The maximum atomic E-state index is 5.25. The SMILES string of the molecule is CNC(c1ccc(OC)cc1)C1CCCc2sccc21. The maximum absolute atomic E-state index is 5.25. The van der Waals surface area contributed by atoms with Crippen LogP contribution in [0.4, 0.5) is 0 Å². The lowest BCUT2D eigenvalue weighted by Gasteiger charge is -2.31. The van der Waals surface area contributed by atoms with Gasteiger partial charge in [0.1, 0.15) is 5.75 Å². The Labute approximate surface area is 124 Å². The molecule has 2 aromatic rings. The van der Waals surface area contributed by atoms with Gasteiger partial charge in [-0.15, -0.1) is 11.3 Å². The summed E-state index contributed by atoms with van der Waals surface area (Å²) in [6.07, 6.45) is 3.82. The molecule has 0 amide bonds. The van der Waals surface area contributed by atoms with Gasteiger partial charge in [-0.3, -0.25) is 0 Å². The molecule has 0 saturated carbocycles. The number of thiophene rings is 1. The highest BCUT2D eigenvalue weighted by molar-refractivity contribution is 7.10. The molecule has 2 unspecified atom stereocenters. The van der Waals surface area contributed by atoms with Crippen LogP contribution in [0.2, 0.25) is 0 Å². The van der Waals surface area contributed by atoms with E-state index in [1.807, 2.05) is 11.3 Å². The number of methoxy groups -OCH3 is 1. The molecule has 106 valence electrons. The number of rotatable bonds is 4. The molecule has 0 fully saturated rings. The minimum atomic E-state index is 0.384. The Hall–Kier alpha value is -1.32. The molecule has 1 heterocycles. The third kappa shape index (κ3) is 2.48. The van der Waals surface area contributed by atoms with Crippen LogP contribution in [-0.2, 0) is 6.42 Å². The molecule has 0 bridgehead atoms. The summed E-state index contributed by atoms with van der Waals surface area (Å²) in [7, 11) is 3.78. The molecular weight excluding hydrogens is 266 g/mol. The molecule has 0 saturated heterocycles. The van der Waals surface area contributed by atoms with E-state index >= 15 is 0 Å². The normalized spacial score (nSPS) is 19.4. The van der Waals surface area contributed by atoms with Crippen molar-refractivity contribution in [3.63, 3.8) is 0 Å². The van der Waals surface area contributed by atoms with Crippen molar-refractivity contribution >= 4 is 11.3 Å². The number of hydrogen-bond acceptors (Lipinski definition) is 3. The van der Waals surface area contributed by atoms with Crippen LogP contribution >= 0.6 is 11.3 Å². The number of aryl methyl sites for hydroxylation is 1. The highest BCUT2D eigenvalue weighted by Gasteiger charge is 2.28. The third-order valence-corrected chi connectivity index (χ3v) is 5.28. The van der Waals surface area contributed by atoms with Crippen molar-refractivity contribution in [2.24, 2.45) is 0 Å². The monoisotopic (exact) mass is 287 g/mol. The standard InChI is InChI=1S/C17H21NOS/c1-18-17(12-6-8-13(19-2)9-7-12)15-4-3-5-16-14(15)10-11-20-16/h6-11,15,17-18H,3-5H2,1-2H3. The molecule has 1 aliphatic carbocycles. The molecule has 20 heavy (non-hydrogen) atoms. The van der Waals surface area contributed by atoms with E-state index in [1.54, 1.807) is 17.6 Å². The van der Waals surface area contributed by atoms with Crippen molar-refractivity contribution < 1.29 is 4.74 Å². The van der Waals surface area contributed by atoms with E-state index in [-0.39, 0.29) is 0 Å². The van der Waals surface area contributed by atoms with Gasteiger partial charge in [-0.1, -0.05) is 12.1 Å². The molecule has 0 aliphatic heterocycles. The molecule has 2 nitrogen and oxygen atoms in total. The van der Waals surface area contributed by atoms with Crippen LogP contribution in [0.1, 0.15) is 40.8 Å². The van der Waals surface area contributed by atoms with Crippen molar-refractivity contribution in [3.05, 3.63) is 51.7 Å². The van der Waals surface area contributed by atoms with Gasteiger partial charge in [0, 0.05) is 16.8 Å². The summed E-state index contributed by atoms with van der Waals surface area (Å²) < 4.78 is 5.25. The number of hydrogen-bond donors (Lipinski definition) is 1. The summed E-state index contributed by atoms with van der Waals surface area (Å²) >= 11 is 1.91. The number of likely N-dealkylation sites (N-methyl/N-ethyl adjacent to an activating group) is 1. The molecule has 1 aromatic carbocycles. The Morgan fingerprint density at radius 2 is 2.05 bits per heavy atom. The van der Waals surface area contributed by atoms with E-state index in [9.17, 15) is 0 Å². The lowest BCUT2D eigenvalue weighted by molar-refractivity contribution is 0.411. The molecular formula is C17H21NOS. The second-order valence-electron chi connectivity index (χ2n) is 5.34. The minimum absolute atomic E-state index is 0.384. The Morgan fingerprint density at radius 3 is 2.75 bits per heavy atom. The fourth-order valence-electron chi connectivity index (χ4n) is 3.28. The van der Waals surface area contributed by atoms with Crippen molar-refractivity contribution in [3.8, 4) is 5.75 Å². The van der Waals surface area contributed by atoms with Crippen molar-refractivity contribution in [1.29, 1.82) is 0 Å². The zero-order valence-electron chi connectivity index (χ0n) is 12.1. The van der Waals surface area contributed by atoms with Gasteiger partial charge in [-0.25, -0.2) is 0 Å². The second-order valence-corrected chi connectivity index (χ2v) is 6.34. The van der Waals surface area contributed by atoms with Crippen molar-refractivity contribution in [2.75, 3.05) is 14.2 Å². The number of nitrogens with one attached hydrogen (secondary N) is 1. The van der Waals surface area contributed by atoms with Gasteiger partial charge in [-0.05, 0) is 61.0 Å². The van der Waals surface area contributed by atoms with Crippen molar-refractivity contribution in [2.45, 2.75) is 31.2 Å². The van der Waals surface area contributed by atoms with Gasteiger partial charge in [-0.2, -0.15) is 0 Å². The Balaban J connectivity index is 1.90. The van der Waals surface area contributed by atoms with E-state index in [1.165, 1.54) is 24.8 Å². The highest BCUT2D eigenvalue weighted by Crippen LogP contribution is 2.42. The smallest absolute Gasteiger partial charge is 0.118 e. The maximum Gasteiger partial charge on any atom is 0.118 e. The molecule has 3 rings (SSSR count). The summed E-state index contributed by atoms with van der Waals surface area (Å²) in [5.74, 6) is 1.51. The summed E-state index contributed by atoms with van der Waals surface area (Å²) in [4.78, 5) is 1.58.